The van der Waals surface area contributed by atoms with E-state index < -0.39 is 97.5 Å². The van der Waals surface area contributed by atoms with Crippen molar-refractivity contribution in [3.63, 3.8) is 0 Å². The summed E-state index contributed by atoms with van der Waals surface area (Å²) in [5.74, 6) is -0.610. The van der Waals surface area contributed by atoms with E-state index >= 15 is 0 Å². The number of phosphoric ester groups is 2. The molecule has 0 saturated carbocycles. The normalized spacial score (nSPS) is 14.4. The molecule has 17 nitrogen and oxygen atoms in total. The van der Waals surface area contributed by atoms with E-state index in [1.54, 1.807) is 0 Å². The van der Waals surface area contributed by atoms with Gasteiger partial charge in [-0.2, -0.15) is 0 Å². The number of carbonyl (C=O) groups excluding carboxylic acids is 4. The smallest absolute Gasteiger partial charge is 0.462 e. The zero-order valence-corrected chi connectivity index (χ0v) is 59.5. The number of ether oxygens (including phenoxy) is 4. The summed E-state index contributed by atoms with van der Waals surface area (Å²) in [5, 5.41) is 10.6. The van der Waals surface area contributed by atoms with Gasteiger partial charge in [0, 0.05) is 25.7 Å². The third kappa shape index (κ3) is 63.2. The molecule has 3 N–H and O–H groups in total. The summed E-state index contributed by atoms with van der Waals surface area (Å²) in [5.41, 5.74) is 0. The van der Waals surface area contributed by atoms with Crippen molar-refractivity contribution >= 4 is 39.5 Å². The third-order valence-electron chi connectivity index (χ3n) is 16.6. The van der Waals surface area contributed by atoms with Gasteiger partial charge in [-0.3, -0.25) is 37.3 Å². The Hall–Kier alpha value is -1.94. The van der Waals surface area contributed by atoms with E-state index in [9.17, 15) is 43.2 Å². The van der Waals surface area contributed by atoms with Crippen molar-refractivity contribution in [2.75, 3.05) is 39.6 Å². The lowest BCUT2D eigenvalue weighted by Gasteiger charge is -2.21. The molecule has 0 aromatic carbocycles. The van der Waals surface area contributed by atoms with Crippen LogP contribution in [-0.2, 0) is 65.4 Å². The van der Waals surface area contributed by atoms with Gasteiger partial charge in [0.05, 0.1) is 26.4 Å². The molecule has 0 aliphatic carbocycles. The van der Waals surface area contributed by atoms with E-state index in [0.29, 0.717) is 25.7 Å². The Bertz CT molecular complexity index is 1740. The molecule has 0 aliphatic rings. The highest BCUT2D eigenvalue weighted by molar-refractivity contribution is 7.47. The van der Waals surface area contributed by atoms with Crippen LogP contribution in [0.5, 0.6) is 0 Å². The summed E-state index contributed by atoms with van der Waals surface area (Å²) >= 11 is 0. The molecule has 0 saturated heterocycles. The standard InChI is InChI=1S/C70H136O17P2/c1-7-10-12-14-16-18-20-21-22-24-28-36-42-48-54-69(74)86-65(58-81-68(73)53-47-41-35-29-25-26-32-38-44-50-62(4)5)60-84-88(76,77)82-56-64(71)57-83-89(78,79)85-61-66(59-80-67(72)52-46-40-34-27-23-19-17-15-13-11-8-2)87-70(75)55-49-43-37-31-30-33-39-45-51-63(6)9-3/h62-66,71H,7-61H2,1-6H3,(H,76,77)(H,78,79)/t63?,64-,65-,66-/m1/s1. The Kier molecular flexibility index (Phi) is 60.8. The predicted octanol–water partition coefficient (Wildman–Crippen LogP) is 20.0. The van der Waals surface area contributed by atoms with Crippen molar-refractivity contribution in [3.8, 4) is 0 Å². The van der Waals surface area contributed by atoms with E-state index in [1.807, 2.05) is 0 Å². The van der Waals surface area contributed by atoms with Crippen LogP contribution in [0.25, 0.3) is 0 Å². The average molecular weight is 1310 g/mol. The largest absolute Gasteiger partial charge is 0.472 e. The minimum Gasteiger partial charge on any atom is -0.462 e. The van der Waals surface area contributed by atoms with E-state index in [-0.39, 0.29) is 25.7 Å². The van der Waals surface area contributed by atoms with Crippen molar-refractivity contribution in [2.24, 2.45) is 11.8 Å². The number of carbonyl (C=O) groups is 4. The Labute approximate surface area is 543 Å². The molecule has 0 heterocycles. The van der Waals surface area contributed by atoms with Crippen molar-refractivity contribution in [2.45, 2.75) is 374 Å². The molecule has 528 valence electrons. The van der Waals surface area contributed by atoms with Gasteiger partial charge in [-0.05, 0) is 37.5 Å². The molecule has 0 spiro atoms. The number of aliphatic hydroxyl groups excluding tert-OH is 1. The maximum Gasteiger partial charge on any atom is 0.472 e. The number of rotatable bonds is 69. The topological polar surface area (TPSA) is 237 Å². The van der Waals surface area contributed by atoms with Gasteiger partial charge in [0.2, 0.25) is 0 Å². The first-order valence-corrected chi connectivity index (χ1v) is 39.5. The second kappa shape index (κ2) is 62.2. The Morgan fingerprint density at radius 3 is 0.854 bits per heavy atom. The van der Waals surface area contributed by atoms with Crippen LogP contribution in [0.2, 0.25) is 0 Å². The maximum absolute atomic E-state index is 13.0. The molecule has 0 rings (SSSR count). The summed E-state index contributed by atoms with van der Waals surface area (Å²) in [6.07, 6.45) is 47.0. The van der Waals surface area contributed by atoms with E-state index in [4.69, 9.17) is 37.0 Å². The number of aliphatic hydroxyl groups is 1. The second-order valence-electron chi connectivity index (χ2n) is 26.0. The molecule has 19 heteroatoms. The van der Waals surface area contributed by atoms with Crippen LogP contribution in [0.4, 0.5) is 0 Å². The summed E-state index contributed by atoms with van der Waals surface area (Å²) in [4.78, 5) is 72.5. The molecule has 0 bridgehead atoms. The first kappa shape index (κ1) is 87.1. The average Bonchev–Trinajstić information content (AvgIpc) is 3.56. The van der Waals surface area contributed by atoms with E-state index in [2.05, 4.69) is 41.5 Å². The third-order valence-corrected chi connectivity index (χ3v) is 18.5. The van der Waals surface area contributed by atoms with E-state index in [1.165, 1.54) is 173 Å². The summed E-state index contributed by atoms with van der Waals surface area (Å²) < 4.78 is 68.3. The lowest BCUT2D eigenvalue weighted by molar-refractivity contribution is -0.161. The molecule has 0 fully saturated rings. The highest BCUT2D eigenvalue weighted by Crippen LogP contribution is 2.45. The molecule has 3 unspecified atom stereocenters. The van der Waals surface area contributed by atoms with Crippen LogP contribution in [0.1, 0.15) is 356 Å². The van der Waals surface area contributed by atoms with Crippen LogP contribution < -0.4 is 0 Å². The number of hydrogen-bond acceptors (Lipinski definition) is 15. The monoisotopic (exact) mass is 1310 g/mol. The lowest BCUT2D eigenvalue weighted by atomic mass is 9.99. The van der Waals surface area contributed by atoms with Gasteiger partial charge in [-0.25, -0.2) is 9.13 Å². The molecule has 0 amide bonds. The number of unbranched alkanes of at least 4 members (excludes halogenated alkanes) is 38. The van der Waals surface area contributed by atoms with Crippen molar-refractivity contribution < 1.29 is 80.2 Å². The van der Waals surface area contributed by atoms with Gasteiger partial charge in [0.15, 0.2) is 12.2 Å². The minimum atomic E-state index is -4.95. The predicted molar refractivity (Wildman–Crippen MR) is 358 cm³/mol. The summed E-state index contributed by atoms with van der Waals surface area (Å²) in [7, 11) is -9.90. The zero-order chi connectivity index (χ0) is 65.7. The van der Waals surface area contributed by atoms with Crippen molar-refractivity contribution in [1.82, 2.24) is 0 Å². The van der Waals surface area contributed by atoms with Gasteiger partial charge in [-0.1, -0.05) is 305 Å². The fourth-order valence-electron chi connectivity index (χ4n) is 10.6. The van der Waals surface area contributed by atoms with Crippen molar-refractivity contribution in [1.29, 1.82) is 0 Å². The maximum atomic E-state index is 13.0. The van der Waals surface area contributed by atoms with Crippen molar-refractivity contribution in [3.05, 3.63) is 0 Å². The number of esters is 4. The van der Waals surface area contributed by atoms with Crippen LogP contribution in [0.3, 0.4) is 0 Å². The Morgan fingerprint density at radius 2 is 0.573 bits per heavy atom. The van der Waals surface area contributed by atoms with Gasteiger partial charge in [0.25, 0.3) is 0 Å². The van der Waals surface area contributed by atoms with Gasteiger partial charge < -0.3 is 33.8 Å². The highest BCUT2D eigenvalue weighted by atomic mass is 31.2. The molecular weight excluding hydrogens is 1170 g/mol. The van der Waals surface area contributed by atoms with E-state index in [0.717, 1.165) is 102 Å². The van der Waals surface area contributed by atoms with Crippen LogP contribution in [0, 0.1) is 11.8 Å². The zero-order valence-electron chi connectivity index (χ0n) is 57.7. The molecule has 0 aliphatic heterocycles. The fraction of sp³-hybridized carbons (Fsp3) is 0.943. The summed E-state index contributed by atoms with van der Waals surface area (Å²) in [6, 6.07) is 0. The molecule has 6 atom stereocenters. The fourth-order valence-corrected chi connectivity index (χ4v) is 12.1. The second-order valence-corrected chi connectivity index (χ2v) is 28.9. The molecule has 89 heavy (non-hydrogen) atoms. The van der Waals surface area contributed by atoms with Gasteiger partial charge in [0.1, 0.15) is 19.3 Å². The van der Waals surface area contributed by atoms with Crippen LogP contribution in [0.15, 0.2) is 0 Å². The molecule has 0 aromatic heterocycles. The summed E-state index contributed by atoms with van der Waals surface area (Å²) in [6.45, 7) is 9.53. The first-order valence-electron chi connectivity index (χ1n) is 36.5. The van der Waals surface area contributed by atoms with Crippen LogP contribution in [-0.4, -0.2) is 96.7 Å². The lowest BCUT2D eigenvalue weighted by Crippen LogP contribution is -2.30. The Morgan fingerprint density at radius 1 is 0.326 bits per heavy atom. The minimum absolute atomic E-state index is 0.105. The highest BCUT2D eigenvalue weighted by Gasteiger charge is 2.30. The quantitative estimate of drug-likeness (QED) is 0.0222. The number of phosphoric acid groups is 2. The molecule has 0 radical (unpaired) electrons. The number of hydrogen-bond donors (Lipinski definition) is 3. The Balaban J connectivity index is 5.26. The SMILES string of the molecule is CCCCCCCCCCCCCCCCC(=O)O[C@H](COC(=O)CCCCCCCCCCCC(C)C)COP(=O)(O)OC[C@@H](O)COP(=O)(O)OC[C@@H](COC(=O)CCCCCCCCCCCCC)OC(=O)CCCCCCCCCCC(C)CC. The molecular formula is C70H136O17P2. The first-order chi connectivity index (χ1) is 42.9. The van der Waals surface area contributed by atoms with Gasteiger partial charge in [-0.15, -0.1) is 0 Å². The van der Waals surface area contributed by atoms with Crippen LogP contribution >= 0.6 is 15.6 Å². The molecule has 0 aromatic rings. The van der Waals surface area contributed by atoms with Gasteiger partial charge >= 0.3 is 39.5 Å².